The Morgan fingerprint density at radius 2 is 0.962 bits per heavy atom. The molecule has 12 nitrogen and oxygen atoms in total. The zero-order valence-electron chi connectivity index (χ0n) is 28.1. The standard InChI is InChI=1S/C19H17FN6.C18H14ClFN6/c1-11-3-6-14(7-4-11)23-18-10-17(21)24-19(25-18)26-12(2)22-15-8-5-13(20)9-16(15)26;1-10-22-14-7-4-12(20)8-15(14)26(10)18-24-16(21)9-17(25-18)23-13-5-2-11(19)3-6-13/h3-10H,1-2H3,(H3,21,23,24,25);2-9H,1H3,(H3,21,23,24,25). The second kappa shape index (κ2) is 13.9. The fraction of sp³-hybridized carbons (Fsp3) is 0.0811. The van der Waals surface area contributed by atoms with Gasteiger partial charge in [0.2, 0.25) is 11.9 Å². The predicted molar refractivity (Wildman–Crippen MR) is 201 cm³/mol. The lowest BCUT2D eigenvalue weighted by Crippen LogP contribution is -2.07. The fourth-order valence-corrected chi connectivity index (χ4v) is 5.67. The maximum atomic E-state index is 13.7. The maximum Gasteiger partial charge on any atom is 0.239 e. The molecule has 4 aromatic carbocycles. The van der Waals surface area contributed by atoms with E-state index in [-0.39, 0.29) is 17.5 Å². The molecule has 0 saturated heterocycles. The van der Waals surface area contributed by atoms with Gasteiger partial charge in [0.15, 0.2) is 0 Å². The van der Waals surface area contributed by atoms with Gasteiger partial charge in [-0.1, -0.05) is 29.3 Å². The number of aromatic nitrogens is 8. The minimum Gasteiger partial charge on any atom is -0.383 e. The van der Waals surface area contributed by atoms with Crippen LogP contribution in [0.15, 0.2) is 97.1 Å². The van der Waals surface area contributed by atoms with Crippen molar-refractivity contribution < 1.29 is 8.78 Å². The zero-order valence-corrected chi connectivity index (χ0v) is 28.9. The topological polar surface area (TPSA) is 163 Å². The van der Waals surface area contributed by atoms with E-state index in [0.717, 1.165) is 11.4 Å². The molecule has 0 saturated carbocycles. The van der Waals surface area contributed by atoms with E-state index in [0.29, 0.717) is 68.1 Å². The molecule has 6 N–H and O–H groups in total. The summed E-state index contributed by atoms with van der Waals surface area (Å²) >= 11 is 5.90. The lowest BCUT2D eigenvalue weighted by molar-refractivity contribution is 0.628. The van der Waals surface area contributed by atoms with Crippen LogP contribution in [-0.4, -0.2) is 39.0 Å². The van der Waals surface area contributed by atoms with Gasteiger partial charge in [0, 0.05) is 40.7 Å². The Morgan fingerprint density at radius 1 is 0.538 bits per heavy atom. The molecule has 0 amide bonds. The van der Waals surface area contributed by atoms with Crippen LogP contribution in [0, 0.1) is 32.4 Å². The minimum absolute atomic E-state index is 0.282. The monoisotopic (exact) mass is 716 g/mol. The van der Waals surface area contributed by atoms with Crippen LogP contribution in [0.1, 0.15) is 17.2 Å². The molecular weight excluding hydrogens is 686 g/mol. The van der Waals surface area contributed by atoms with Crippen LogP contribution in [0.3, 0.4) is 0 Å². The molecule has 0 radical (unpaired) electrons. The number of nitrogens with zero attached hydrogens (tertiary/aromatic N) is 8. The van der Waals surface area contributed by atoms with Crippen LogP contribution in [0.5, 0.6) is 0 Å². The summed E-state index contributed by atoms with van der Waals surface area (Å²) in [7, 11) is 0. The highest BCUT2D eigenvalue weighted by Gasteiger charge is 2.16. The number of imidazole rings is 2. The summed E-state index contributed by atoms with van der Waals surface area (Å²) < 4.78 is 30.7. The van der Waals surface area contributed by atoms with E-state index >= 15 is 0 Å². The second-order valence-electron chi connectivity index (χ2n) is 11.8. The molecule has 0 aliphatic carbocycles. The van der Waals surface area contributed by atoms with E-state index < -0.39 is 0 Å². The van der Waals surface area contributed by atoms with Gasteiger partial charge in [-0.3, -0.25) is 9.13 Å². The molecule has 52 heavy (non-hydrogen) atoms. The molecule has 4 aromatic heterocycles. The number of hydrogen-bond donors (Lipinski definition) is 4. The number of nitrogen functional groups attached to an aromatic ring is 2. The Morgan fingerprint density at radius 3 is 1.40 bits per heavy atom. The van der Waals surface area contributed by atoms with Crippen molar-refractivity contribution in [3.63, 3.8) is 0 Å². The highest BCUT2D eigenvalue weighted by molar-refractivity contribution is 6.30. The normalized spacial score (nSPS) is 11.0. The van der Waals surface area contributed by atoms with E-state index in [1.165, 1.54) is 29.8 Å². The molecule has 0 aliphatic heterocycles. The maximum absolute atomic E-state index is 13.7. The van der Waals surface area contributed by atoms with Crippen molar-refractivity contribution in [3.8, 4) is 11.9 Å². The van der Waals surface area contributed by atoms with Gasteiger partial charge in [0.1, 0.15) is 46.6 Å². The zero-order chi connectivity index (χ0) is 36.5. The van der Waals surface area contributed by atoms with Crippen LogP contribution in [0.4, 0.5) is 43.4 Å². The van der Waals surface area contributed by atoms with Crippen molar-refractivity contribution in [1.82, 2.24) is 39.0 Å². The molecule has 0 fully saturated rings. The first-order valence-corrected chi connectivity index (χ1v) is 16.3. The smallest absolute Gasteiger partial charge is 0.239 e. The van der Waals surface area contributed by atoms with Crippen LogP contribution >= 0.6 is 11.6 Å². The number of halogens is 3. The van der Waals surface area contributed by atoms with Gasteiger partial charge in [0.25, 0.3) is 0 Å². The van der Waals surface area contributed by atoms with Gasteiger partial charge in [-0.05, 0) is 81.4 Å². The highest BCUT2D eigenvalue weighted by Crippen LogP contribution is 2.25. The van der Waals surface area contributed by atoms with Crippen molar-refractivity contribution in [1.29, 1.82) is 0 Å². The Labute approximate surface area is 301 Å². The van der Waals surface area contributed by atoms with E-state index in [1.807, 2.05) is 50.2 Å². The second-order valence-corrected chi connectivity index (χ2v) is 12.3. The number of hydrogen-bond acceptors (Lipinski definition) is 10. The summed E-state index contributed by atoms with van der Waals surface area (Å²) in [5.41, 5.74) is 17.3. The Balaban J connectivity index is 0.000000162. The summed E-state index contributed by atoms with van der Waals surface area (Å²) in [6, 6.07) is 27.2. The first-order valence-electron chi connectivity index (χ1n) is 15.9. The van der Waals surface area contributed by atoms with Gasteiger partial charge in [-0.15, -0.1) is 0 Å². The van der Waals surface area contributed by atoms with Crippen molar-refractivity contribution in [3.05, 3.63) is 131 Å². The van der Waals surface area contributed by atoms with Crippen molar-refractivity contribution in [2.24, 2.45) is 0 Å². The van der Waals surface area contributed by atoms with E-state index in [4.69, 9.17) is 23.1 Å². The van der Waals surface area contributed by atoms with Crippen molar-refractivity contribution in [2.45, 2.75) is 20.8 Å². The van der Waals surface area contributed by atoms with Gasteiger partial charge < -0.3 is 22.1 Å². The summed E-state index contributed by atoms with van der Waals surface area (Å²) in [5, 5.41) is 7.01. The third kappa shape index (κ3) is 7.27. The molecule has 4 heterocycles. The van der Waals surface area contributed by atoms with Crippen LogP contribution in [-0.2, 0) is 0 Å². The van der Waals surface area contributed by atoms with Gasteiger partial charge in [-0.25, -0.2) is 18.7 Å². The number of nitrogens with one attached hydrogen (secondary N) is 2. The fourth-order valence-electron chi connectivity index (χ4n) is 5.54. The largest absolute Gasteiger partial charge is 0.383 e. The summed E-state index contributed by atoms with van der Waals surface area (Å²) in [4.78, 5) is 26.5. The molecule has 0 bridgehead atoms. The first-order chi connectivity index (χ1) is 25.0. The van der Waals surface area contributed by atoms with Crippen molar-refractivity contribution in [2.75, 3.05) is 22.1 Å². The molecular formula is C37H31ClF2N12. The third-order valence-electron chi connectivity index (χ3n) is 7.88. The first kappa shape index (κ1) is 33.8. The molecule has 0 unspecified atom stereocenters. The average Bonchev–Trinajstić information content (AvgIpc) is 3.60. The predicted octanol–water partition coefficient (Wildman–Crippen LogP) is 8.14. The molecule has 0 spiro atoms. The van der Waals surface area contributed by atoms with Gasteiger partial charge in [0.05, 0.1) is 22.1 Å². The highest BCUT2D eigenvalue weighted by atomic mass is 35.5. The number of rotatable bonds is 6. The third-order valence-corrected chi connectivity index (χ3v) is 8.13. The minimum atomic E-state index is -0.359. The number of nitrogens with two attached hydrogens (primary N) is 2. The molecule has 8 aromatic rings. The SMILES string of the molecule is Cc1ccc(Nc2cc(N)nc(-n3c(C)nc4ccc(F)cc43)n2)cc1.Cc1nc2ccc(F)cc2n1-c1nc(N)cc(Nc2ccc(Cl)cc2)n1. The molecule has 15 heteroatoms. The van der Waals surface area contributed by atoms with E-state index in [9.17, 15) is 8.78 Å². The quantitative estimate of drug-likeness (QED) is 0.132. The van der Waals surface area contributed by atoms with Crippen LogP contribution in [0.2, 0.25) is 5.02 Å². The Kier molecular flexibility index (Phi) is 9.05. The lowest BCUT2D eigenvalue weighted by atomic mass is 10.2. The Hall–Kier alpha value is -6.67. The average molecular weight is 717 g/mol. The Bertz CT molecular complexity index is 2390. The van der Waals surface area contributed by atoms with E-state index in [2.05, 4.69) is 40.5 Å². The lowest BCUT2D eigenvalue weighted by Gasteiger charge is -2.10. The number of aryl methyl sites for hydroxylation is 3. The molecule has 8 rings (SSSR count). The number of anilines is 6. The van der Waals surface area contributed by atoms with E-state index in [1.54, 1.807) is 52.5 Å². The summed E-state index contributed by atoms with van der Waals surface area (Å²) in [6.07, 6.45) is 0. The van der Waals surface area contributed by atoms with Gasteiger partial charge in [-0.2, -0.15) is 19.9 Å². The van der Waals surface area contributed by atoms with Gasteiger partial charge >= 0.3 is 0 Å². The summed E-state index contributed by atoms with van der Waals surface area (Å²) in [6.45, 7) is 5.64. The number of benzene rings is 4. The molecule has 0 aliphatic rings. The van der Waals surface area contributed by atoms with Crippen LogP contribution in [0.25, 0.3) is 34.0 Å². The number of fused-ring (bicyclic) bond motifs is 2. The molecule has 260 valence electrons. The van der Waals surface area contributed by atoms with Crippen molar-refractivity contribution >= 4 is 68.3 Å². The summed E-state index contributed by atoms with van der Waals surface area (Å²) in [5.74, 6) is 2.87. The van der Waals surface area contributed by atoms with Crippen LogP contribution < -0.4 is 22.1 Å². The molecule has 0 atom stereocenters.